The molecule has 1 aromatic rings. The van der Waals surface area contributed by atoms with Crippen LogP contribution in [0.5, 0.6) is 11.5 Å². The first-order valence-corrected chi connectivity index (χ1v) is 6.45. The Morgan fingerprint density at radius 1 is 1.32 bits per heavy atom. The Kier molecular flexibility index (Phi) is 4.63. The molecule has 104 valence electrons. The van der Waals surface area contributed by atoms with Crippen molar-refractivity contribution >= 4 is 5.91 Å². The molecule has 2 rings (SSSR count). The van der Waals surface area contributed by atoms with Crippen LogP contribution in [0.3, 0.4) is 0 Å². The van der Waals surface area contributed by atoms with Gasteiger partial charge in [-0.1, -0.05) is 6.07 Å². The smallest absolute Gasteiger partial charge is 0.231 e. The number of ether oxygens (including phenoxy) is 2. The van der Waals surface area contributed by atoms with E-state index < -0.39 is 0 Å². The summed E-state index contributed by atoms with van der Waals surface area (Å²) in [5.41, 5.74) is 0.939. The van der Waals surface area contributed by atoms with Gasteiger partial charge < -0.3 is 19.7 Å². The van der Waals surface area contributed by atoms with E-state index in [4.69, 9.17) is 9.47 Å². The van der Waals surface area contributed by atoms with Crippen LogP contribution in [0.25, 0.3) is 0 Å². The molecule has 1 N–H and O–H groups in total. The summed E-state index contributed by atoms with van der Waals surface area (Å²) in [4.78, 5) is 13.9. The maximum atomic E-state index is 11.8. The average molecular weight is 264 g/mol. The molecule has 1 aliphatic heterocycles. The second-order valence-corrected chi connectivity index (χ2v) is 4.87. The van der Waals surface area contributed by atoms with Crippen molar-refractivity contribution in [3.8, 4) is 11.5 Å². The summed E-state index contributed by atoms with van der Waals surface area (Å²) in [6.45, 7) is 1.95. The minimum absolute atomic E-state index is 0.0395. The quantitative estimate of drug-likeness (QED) is 0.780. The first kappa shape index (κ1) is 13.7. The van der Waals surface area contributed by atoms with Crippen LogP contribution in [0.15, 0.2) is 18.2 Å². The van der Waals surface area contributed by atoms with Gasteiger partial charge in [0.25, 0.3) is 0 Å². The normalized spacial score (nSPS) is 12.8. The summed E-state index contributed by atoms with van der Waals surface area (Å²) >= 11 is 0. The molecule has 1 amide bonds. The standard InChI is InChI=1S/C14H20N2O3/c1-16(2)7-3-6-15-14(17)9-11-4-5-12-13(8-11)19-10-18-12/h4-5,8H,3,6-7,9-10H2,1-2H3,(H,15,17). The van der Waals surface area contributed by atoms with Crippen LogP contribution in [0.1, 0.15) is 12.0 Å². The lowest BCUT2D eigenvalue weighted by Gasteiger charge is -2.10. The highest BCUT2D eigenvalue weighted by atomic mass is 16.7. The van der Waals surface area contributed by atoms with Gasteiger partial charge in [-0.25, -0.2) is 0 Å². The van der Waals surface area contributed by atoms with Crippen LogP contribution in [0, 0.1) is 0 Å². The van der Waals surface area contributed by atoms with Crippen LogP contribution in [0.4, 0.5) is 0 Å². The second-order valence-electron chi connectivity index (χ2n) is 4.87. The summed E-state index contributed by atoms with van der Waals surface area (Å²) in [5, 5.41) is 2.92. The zero-order valence-corrected chi connectivity index (χ0v) is 11.4. The molecule has 19 heavy (non-hydrogen) atoms. The van der Waals surface area contributed by atoms with E-state index in [2.05, 4.69) is 10.2 Å². The van der Waals surface area contributed by atoms with Crippen molar-refractivity contribution < 1.29 is 14.3 Å². The molecule has 0 radical (unpaired) electrons. The molecule has 1 aromatic carbocycles. The van der Waals surface area contributed by atoms with E-state index in [1.165, 1.54) is 0 Å². The maximum absolute atomic E-state index is 11.8. The molecule has 0 aliphatic carbocycles. The Morgan fingerprint density at radius 3 is 2.89 bits per heavy atom. The first-order chi connectivity index (χ1) is 9.15. The number of carbonyl (C=O) groups excluding carboxylic acids is 1. The molecule has 0 unspecified atom stereocenters. The number of carbonyl (C=O) groups is 1. The number of rotatable bonds is 6. The van der Waals surface area contributed by atoms with Gasteiger partial charge in [-0.05, 0) is 44.8 Å². The molecule has 1 heterocycles. The predicted molar refractivity (Wildman–Crippen MR) is 72.4 cm³/mol. The number of benzene rings is 1. The second kappa shape index (κ2) is 6.43. The number of fused-ring (bicyclic) bond motifs is 1. The highest BCUT2D eigenvalue weighted by Crippen LogP contribution is 2.32. The molecule has 0 fully saturated rings. The molecule has 0 saturated carbocycles. The molecule has 0 aromatic heterocycles. The van der Waals surface area contributed by atoms with Gasteiger partial charge in [-0.2, -0.15) is 0 Å². The average Bonchev–Trinajstić information content (AvgIpc) is 2.82. The van der Waals surface area contributed by atoms with E-state index in [-0.39, 0.29) is 12.7 Å². The number of hydrogen-bond acceptors (Lipinski definition) is 4. The highest BCUT2D eigenvalue weighted by Gasteiger charge is 2.14. The molecular formula is C14H20N2O3. The van der Waals surface area contributed by atoms with Gasteiger partial charge in [-0.15, -0.1) is 0 Å². The third-order valence-electron chi connectivity index (χ3n) is 2.91. The zero-order chi connectivity index (χ0) is 13.7. The van der Waals surface area contributed by atoms with Gasteiger partial charge in [-0.3, -0.25) is 4.79 Å². The summed E-state index contributed by atoms with van der Waals surface area (Å²) < 4.78 is 10.5. The minimum Gasteiger partial charge on any atom is -0.454 e. The molecule has 0 bridgehead atoms. The topological polar surface area (TPSA) is 50.8 Å². The van der Waals surface area contributed by atoms with E-state index >= 15 is 0 Å². The van der Waals surface area contributed by atoms with E-state index in [1.807, 2.05) is 32.3 Å². The Labute approximate surface area is 113 Å². The fourth-order valence-electron chi connectivity index (χ4n) is 1.92. The van der Waals surface area contributed by atoms with E-state index in [1.54, 1.807) is 0 Å². The fourth-order valence-corrected chi connectivity index (χ4v) is 1.92. The van der Waals surface area contributed by atoms with Gasteiger partial charge in [0.1, 0.15) is 0 Å². The van der Waals surface area contributed by atoms with Gasteiger partial charge in [0.05, 0.1) is 6.42 Å². The largest absolute Gasteiger partial charge is 0.454 e. The van der Waals surface area contributed by atoms with Crippen LogP contribution >= 0.6 is 0 Å². The lowest BCUT2D eigenvalue weighted by Crippen LogP contribution is -2.28. The van der Waals surface area contributed by atoms with E-state index in [0.717, 1.165) is 30.0 Å². The Balaban J connectivity index is 1.76. The van der Waals surface area contributed by atoms with Crippen molar-refractivity contribution in [2.45, 2.75) is 12.8 Å². The Morgan fingerprint density at radius 2 is 2.11 bits per heavy atom. The number of amides is 1. The molecular weight excluding hydrogens is 244 g/mol. The highest BCUT2D eigenvalue weighted by molar-refractivity contribution is 5.78. The van der Waals surface area contributed by atoms with Gasteiger partial charge in [0.2, 0.25) is 12.7 Å². The lowest BCUT2D eigenvalue weighted by atomic mass is 10.1. The number of hydrogen-bond donors (Lipinski definition) is 1. The monoisotopic (exact) mass is 264 g/mol. The lowest BCUT2D eigenvalue weighted by molar-refractivity contribution is -0.120. The minimum atomic E-state index is 0.0395. The molecule has 5 nitrogen and oxygen atoms in total. The molecule has 1 aliphatic rings. The third-order valence-corrected chi connectivity index (χ3v) is 2.91. The fraction of sp³-hybridized carbons (Fsp3) is 0.500. The Bertz CT molecular complexity index is 446. The van der Waals surface area contributed by atoms with Crippen molar-refractivity contribution in [3.05, 3.63) is 23.8 Å². The van der Waals surface area contributed by atoms with Gasteiger partial charge in [0.15, 0.2) is 11.5 Å². The number of nitrogens with zero attached hydrogens (tertiary/aromatic N) is 1. The van der Waals surface area contributed by atoms with Crippen LogP contribution in [-0.4, -0.2) is 44.8 Å². The maximum Gasteiger partial charge on any atom is 0.231 e. The molecule has 0 atom stereocenters. The zero-order valence-electron chi connectivity index (χ0n) is 11.4. The van der Waals surface area contributed by atoms with Crippen LogP contribution in [0.2, 0.25) is 0 Å². The van der Waals surface area contributed by atoms with Crippen molar-refractivity contribution in [2.75, 3.05) is 34.0 Å². The summed E-state index contributed by atoms with van der Waals surface area (Å²) in [7, 11) is 4.04. The Hall–Kier alpha value is -1.75. The van der Waals surface area contributed by atoms with Crippen LogP contribution < -0.4 is 14.8 Å². The SMILES string of the molecule is CN(C)CCCNC(=O)Cc1ccc2c(c1)OCO2. The molecule has 0 spiro atoms. The summed E-state index contributed by atoms with van der Waals surface area (Å²) in [6.07, 6.45) is 1.33. The van der Waals surface area contributed by atoms with Crippen molar-refractivity contribution in [1.29, 1.82) is 0 Å². The van der Waals surface area contributed by atoms with Gasteiger partial charge in [0, 0.05) is 6.54 Å². The van der Waals surface area contributed by atoms with Crippen molar-refractivity contribution in [1.82, 2.24) is 10.2 Å². The molecule has 5 heteroatoms. The van der Waals surface area contributed by atoms with E-state index in [9.17, 15) is 4.79 Å². The van der Waals surface area contributed by atoms with Crippen molar-refractivity contribution in [2.24, 2.45) is 0 Å². The molecule has 0 saturated heterocycles. The van der Waals surface area contributed by atoms with Crippen molar-refractivity contribution in [3.63, 3.8) is 0 Å². The first-order valence-electron chi connectivity index (χ1n) is 6.45. The number of nitrogens with one attached hydrogen (secondary N) is 1. The third kappa shape index (κ3) is 4.13. The van der Waals surface area contributed by atoms with Crippen LogP contribution in [-0.2, 0) is 11.2 Å². The summed E-state index contributed by atoms with van der Waals surface area (Å²) in [6, 6.07) is 5.60. The van der Waals surface area contributed by atoms with E-state index in [0.29, 0.717) is 13.0 Å². The predicted octanol–water partition coefficient (Wildman–Crippen LogP) is 1.03. The van der Waals surface area contributed by atoms with Gasteiger partial charge >= 0.3 is 0 Å². The summed E-state index contributed by atoms with van der Waals surface area (Å²) in [5.74, 6) is 1.51.